The Labute approximate surface area is 132 Å². The molecule has 0 aliphatic heterocycles. The lowest BCUT2D eigenvalue weighted by atomic mass is 10.0. The summed E-state index contributed by atoms with van der Waals surface area (Å²) in [6, 6.07) is 13.4. The summed E-state index contributed by atoms with van der Waals surface area (Å²) in [4.78, 5) is 19.5. The van der Waals surface area contributed by atoms with Crippen molar-refractivity contribution in [3.05, 3.63) is 42.5 Å². The molecule has 6 heteroatoms. The number of ether oxygens (including phenoxy) is 1. The minimum Gasteiger partial charge on any atom is -0.494 e. The third-order valence-electron chi connectivity index (χ3n) is 3.33. The van der Waals surface area contributed by atoms with E-state index in [-0.39, 0.29) is 19.4 Å². The zero-order valence-corrected chi connectivity index (χ0v) is 12.4. The zero-order chi connectivity index (χ0) is 16.2. The fourth-order valence-electron chi connectivity index (χ4n) is 2.07. The highest BCUT2D eigenvalue weighted by Crippen LogP contribution is 2.24. The van der Waals surface area contributed by atoms with E-state index >= 15 is 0 Å². The summed E-state index contributed by atoms with van der Waals surface area (Å²) in [5.41, 5.74) is 0. The molecule has 0 saturated heterocycles. The fraction of sp³-hybridized carbons (Fsp3) is 0.250. The quantitative estimate of drug-likeness (QED) is 0.465. The van der Waals surface area contributed by atoms with Gasteiger partial charge in [-0.1, -0.05) is 41.9 Å². The second-order valence-corrected chi connectivity index (χ2v) is 5.52. The molecule has 0 saturated carbocycles. The molecule has 0 spiro atoms. The summed E-state index contributed by atoms with van der Waals surface area (Å²) in [5.74, 6) is -2.48. The van der Waals surface area contributed by atoms with Crippen LogP contribution in [0.1, 0.15) is 12.8 Å². The third kappa shape index (κ3) is 3.49. The number of aliphatic carboxylic acids is 2. The largest absolute Gasteiger partial charge is 0.494 e. The molecule has 2 rings (SSSR count). The van der Waals surface area contributed by atoms with Crippen LogP contribution in [0.25, 0.3) is 10.8 Å². The van der Waals surface area contributed by atoms with Gasteiger partial charge in [0, 0.05) is 0 Å². The Kier molecular flexibility index (Phi) is 4.88. The van der Waals surface area contributed by atoms with Crippen molar-refractivity contribution >= 4 is 34.3 Å². The van der Waals surface area contributed by atoms with E-state index in [9.17, 15) is 9.59 Å². The van der Waals surface area contributed by atoms with E-state index in [1.165, 1.54) is 0 Å². The van der Waals surface area contributed by atoms with Gasteiger partial charge in [0.05, 0.1) is 6.61 Å². The van der Waals surface area contributed by atoms with E-state index in [4.69, 9.17) is 26.6 Å². The van der Waals surface area contributed by atoms with Crippen molar-refractivity contribution in [3.8, 4) is 5.75 Å². The molecule has 0 aliphatic rings. The monoisotopic (exact) mass is 322 g/mol. The van der Waals surface area contributed by atoms with E-state index in [0.717, 1.165) is 10.8 Å². The average Bonchev–Trinajstić information content (AvgIpc) is 2.50. The molecule has 0 bridgehead atoms. The average molecular weight is 323 g/mol. The van der Waals surface area contributed by atoms with Crippen molar-refractivity contribution in [3.63, 3.8) is 0 Å². The summed E-state index contributed by atoms with van der Waals surface area (Å²) in [5, 5.41) is 19.9. The van der Waals surface area contributed by atoms with Crippen molar-refractivity contribution in [2.24, 2.45) is 0 Å². The molecule has 2 N–H and O–H groups in total. The molecule has 0 amide bonds. The van der Waals surface area contributed by atoms with Crippen LogP contribution in [0.5, 0.6) is 5.75 Å². The summed E-state index contributed by atoms with van der Waals surface area (Å²) in [6.07, 6.45) is 0.00172. The van der Waals surface area contributed by atoms with Gasteiger partial charge in [0.1, 0.15) is 5.75 Å². The number of hydrogen-bond donors (Lipinski definition) is 2. The van der Waals surface area contributed by atoms with Crippen molar-refractivity contribution in [2.75, 3.05) is 6.61 Å². The number of carboxylic acids is 2. The van der Waals surface area contributed by atoms with Crippen LogP contribution >= 0.6 is 11.6 Å². The van der Waals surface area contributed by atoms with Crippen molar-refractivity contribution in [1.82, 2.24) is 0 Å². The normalized spacial score (nSPS) is 11.3. The zero-order valence-electron chi connectivity index (χ0n) is 11.7. The first-order valence-electron chi connectivity index (χ1n) is 6.71. The Balaban J connectivity index is 1.92. The number of alkyl halides is 1. The molecule has 2 aromatic rings. The summed E-state index contributed by atoms with van der Waals surface area (Å²) in [7, 11) is 0. The lowest BCUT2D eigenvalue weighted by Gasteiger charge is -2.17. The third-order valence-corrected chi connectivity index (χ3v) is 3.85. The number of carboxylic acid groups (broad SMARTS) is 2. The lowest BCUT2D eigenvalue weighted by molar-refractivity contribution is -0.152. The number of carbonyl (C=O) groups is 2. The van der Waals surface area contributed by atoms with Gasteiger partial charge in [0.15, 0.2) is 0 Å². The SMILES string of the molecule is O=C(O)C(Cl)(CCCOc1ccc2ccccc2c1)C(=O)O. The number of fused-ring (bicyclic) bond motifs is 1. The molecule has 0 fully saturated rings. The maximum atomic E-state index is 10.9. The second kappa shape index (κ2) is 6.66. The predicted molar refractivity (Wildman–Crippen MR) is 82.5 cm³/mol. The minimum atomic E-state index is -2.30. The van der Waals surface area contributed by atoms with Crippen LogP contribution in [0.15, 0.2) is 42.5 Å². The number of rotatable bonds is 7. The Morgan fingerprint density at radius 1 is 1.05 bits per heavy atom. The molecule has 22 heavy (non-hydrogen) atoms. The minimum absolute atomic E-state index is 0.188. The lowest BCUT2D eigenvalue weighted by Crippen LogP contribution is -2.41. The first-order valence-corrected chi connectivity index (χ1v) is 7.08. The van der Waals surface area contributed by atoms with Crippen molar-refractivity contribution in [1.29, 1.82) is 0 Å². The smallest absolute Gasteiger partial charge is 0.336 e. The molecular weight excluding hydrogens is 308 g/mol. The van der Waals surface area contributed by atoms with E-state index in [1.807, 2.05) is 42.5 Å². The van der Waals surface area contributed by atoms with Gasteiger partial charge in [0.2, 0.25) is 4.87 Å². The Bertz CT molecular complexity index is 684. The van der Waals surface area contributed by atoms with Gasteiger partial charge < -0.3 is 14.9 Å². The molecule has 116 valence electrons. The van der Waals surface area contributed by atoms with Crippen molar-refractivity contribution in [2.45, 2.75) is 17.7 Å². The molecule has 0 aromatic heterocycles. The highest BCUT2D eigenvalue weighted by atomic mass is 35.5. The first-order chi connectivity index (χ1) is 10.4. The van der Waals surface area contributed by atoms with Gasteiger partial charge in [-0.05, 0) is 35.7 Å². The summed E-state index contributed by atoms with van der Waals surface area (Å²) in [6.45, 7) is 0.188. The van der Waals surface area contributed by atoms with Gasteiger partial charge in [-0.2, -0.15) is 0 Å². The van der Waals surface area contributed by atoms with E-state index in [1.54, 1.807) is 0 Å². The van der Waals surface area contributed by atoms with Crippen molar-refractivity contribution < 1.29 is 24.5 Å². The highest BCUT2D eigenvalue weighted by molar-refractivity contribution is 6.44. The second-order valence-electron chi connectivity index (χ2n) is 4.87. The molecule has 0 aliphatic carbocycles. The van der Waals surface area contributed by atoms with Crippen LogP contribution in [0.2, 0.25) is 0 Å². The summed E-state index contributed by atoms with van der Waals surface area (Å²) < 4.78 is 5.52. The molecule has 0 radical (unpaired) electrons. The fourth-order valence-corrected chi connectivity index (χ4v) is 2.20. The van der Waals surface area contributed by atoms with Crippen LogP contribution in [0.4, 0.5) is 0 Å². The molecule has 2 aromatic carbocycles. The molecule has 0 atom stereocenters. The van der Waals surface area contributed by atoms with Gasteiger partial charge in [-0.3, -0.25) is 0 Å². The maximum absolute atomic E-state index is 10.9. The predicted octanol–water partition coefficient (Wildman–Crippen LogP) is 3.15. The Hall–Kier alpha value is -2.27. The Morgan fingerprint density at radius 3 is 2.32 bits per heavy atom. The maximum Gasteiger partial charge on any atom is 0.336 e. The standard InChI is InChI=1S/C16H15ClO5/c17-16(14(18)19,15(20)21)8-3-9-22-13-7-6-11-4-1-2-5-12(11)10-13/h1-2,4-7,10H,3,8-9H2,(H,18,19)(H,20,21). The number of halogens is 1. The van der Waals surface area contributed by atoms with E-state index in [0.29, 0.717) is 5.75 Å². The molecule has 0 unspecified atom stereocenters. The van der Waals surface area contributed by atoms with E-state index < -0.39 is 16.8 Å². The molecular formula is C16H15ClO5. The topological polar surface area (TPSA) is 83.8 Å². The molecule has 5 nitrogen and oxygen atoms in total. The number of hydrogen-bond acceptors (Lipinski definition) is 3. The summed E-state index contributed by atoms with van der Waals surface area (Å²) >= 11 is 5.61. The number of benzene rings is 2. The first kappa shape index (κ1) is 16.1. The van der Waals surface area contributed by atoms with E-state index in [2.05, 4.69) is 0 Å². The van der Waals surface area contributed by atoms with Gasteiger partial charge >= 0.3 is 11.9 Å². The van der Waals surface area contributed by atoms with Crippen LogP contribution < -0.4 is 4.74 Å². The molecule has 0 heterocycles. The highest BCUT2D eigenvalue weighted by Gasteiger charge is 2.44. The van der Waals surface area contributed by atoms with Gasteiger partial charge in [0.25, 0.3) is 0 Å². The van der Waals surface area contributed by atoms with Crippen LogP contribution in [0.3, 0.4) is 0 Å². The van der Waals surface area contributed by atoms with Gasteiger partial charge in [-0.15, -0.1) is 0 Å². The Morgan fingerprint density at radius 2 is 1.68 bits per heavy atom. The van der Waals surface area contributed by atoms with Gasteiger partial charge in [-0.25, -0.2) is 9.59 Å². The van der Waals surface area contributed by atoms with Crippen LogP contribution in [-0.4, -0.2) is 33.6 Å². The van der Waals surface area contributed by atoms with Crippen LogP contribution in [-0.2, 0) is 9.59 Å². The van der Waals surface area contributed by atoms with Crippen LogP contribution in [0, 0.1) is 0 Å².